The van der Waals surface area contributed by atoms with Gasteiger partial charge in [0.15, 0.2) is 0 Å². The minimum atomic E-state index is -1.41. The third kappa shape index (κ3) is 8.49. The van der Waals surface area contributed by atoms with E-state index in [1.54, 1.807) is 46.0 Å². The van der Waals surface area contributed by atoms with Gasteiger partial charge in [0.05, 0.1) is 12.8 Å². The molecule has 12 heteroatoms. The average Bonchev–Trinajstić information content (AvgIpc) is 3.59. The van der Waals surface area contributed by atoms with Crippen molar-refractivity contribution in [3.05, 3.63) is 83.9 Å². The number of carbonyl (C=O) groups excluding carboxylic acids is 4. The van der Waals surface area contributed by atoms with Crippen LogP contribution < -0.4 is 16.0 Å². The summed E-state index contributed by atoms with van der Waals surface area (Å²) in [5.41, 5.74) is 0.191. The molecule has 0 saturated heterocycles. The van der Waals surface area contributed by atoms with Crippen molar-refractivity contribution >= 4 is 40.6 Å². The minimum Gasteiger partial charge on any atom is -0.465 e. The maximum atomic E-state index is 13.7. The number of imidazole rings is 1. The highest BCUT2D eigenvalue weighted by molar-refractivity contribution is 5.99. The average molecular weight is 617 g/mol. The van der Waals surface area contributed by atoms with Gasteiger partial charge in [0, 0.05) is 23.5 Å². The van der Waals surface area contributed by atoms with Gasteiger partial charge in [0.1, 0.15) is 34.7 Å². The number of benzene rings is 2. The summed E-state index contributed by atoms with van der Waals surface area (Å²) in [7, 11) is 0. The summed E-state index contributed by atoms with van der Waals surface area (Å²) < 4.78 is 10.6. The summed E-state index contributed by atoms with van der Waals surface area (Å²) in [6.07, 6.45) is 2.57. The van der Waals surface area contributed by atoms with Gasteiger partial charge in [-0.25, -0.2) is 9.78 Å². The Morgan fingerprint density at radius 3 is 2.33 bits per heavy atom. The predicted octanol–water partition coefficient (Wildman–Crippen LogP) is 4.56. The van der Waals surface area contributed by atoms with Crippen molar-refractivity contribution < 1.29 is 28.7 Å². The van der Waals surface area contributed by atoms with E-state index in [-0.39, 0.29) is 24.7 Å². The molecule has 2 aromatic carbocycles. The highest BCUT2D eigenvalue weighted by Gasteiger charge is 2.35. The quantitative estimate of drug-likeness (QED) is 0.154. The van der Waals surface area contributed by atoms with Gasteiger partial charge in [-0.1, -0.05) is 48.5 Å². The molecule has 2 heterocycles. The third-order valence-corrected chi connectivity index (χ3v) is 6.88. The number of esters is 1. The summed E-state index contributed by atoms with van der Waals surface area (Å²) in [4.78, 5) is 63.1. The molecule has 2 unspecified atom stereocenters. The number of fused-ring (bicyclic) bond motifs is 1. The van der Waals surface area contributed by atoms with E-state index >= 15 is 0 Å². The highest BCUT2D eigenvalue weighted by atomic mass is 16.6. The molecule has 0 aliphatic heterocycles. The SMILES string of the molecule is CCOC(=O)C(c1ccccc1)c1ncc(NC(=O)C(Cc2c[nH]c3ccccc23)NC(=O)C(C)(C)NC(=O)OC(C)(C)C)[nH]1. The molecule has 12 nitrogen and oxygen atoms in total. The van der Waals surface area contributed by atoms with Crippen LogP contribution in [-0.2, 0) is 30.3 Å². The lowest BCUT2D eigenvalue weighted by atomic mass is 9.98. The van der Waals surface area contributed by atoms with Crippen molar-refractivity contribution in [3.63, 3.8) is 0 Å². The number of amides is 3. The van der Waals surface area contributed by atoms with E-state index < -0.39 is 47.0 Å². The van der Waals surface area contributed by atoms with E-state index in [1.807, 2.05) is 42.5 Å². The number of ether oxygens (including phenoxy) is 2. The number of aromatic nitrogens is 3. The third-order valence-electron chi connectivity index (χ3n) is 6.88. The number of H-pyrrole nitrogens is 2. The van der Waals surface area contributed by atoms with Crippen LogP contribution in [0, 0.1) is 0 Å². The number of rotatable bonds is 11. The molecule has 0 aliphatic rings. The van der Waals surface area contributed by atoms with Crippen LogP contribution in [-0.4, -0.2) is 62.6 Å². The Morgan fingerprint density at radius 2 is 1.64 bits per heavy atom. The Hall–Kier alpha value is -5.13. The second kappa shape index (κ2) is 13.7. The van der Waals surface area contributed by atoms with Crippen LogP contribution in [0.5, 0.6) is 0 Å². The van der Waals surface area contributed by atoms with Gasteiger partial charge >= 0.3 is 12.1 Å². The van der Waals surface area contributed by atoms with E-state index in [1.165, 1.54) is 20.0 Å². The second-order valence-corrected chi connectivity index (χ2v) is 12.1. The molecular formula is C33H40N6O6. The fraction of sp³-hybridized carbons (Fsp3) is 0.364. The van der Waals surface area contributed by atoms with E-state index in [2.05, 4.69) is 30.9 Å². The smallest absolute Gasteiger partial charge is 0.408 e. The number of aromatic amines is 2. The first-order chi connectivity index (χ1) is 21.3. The van der Waals surface area contributed by atoms with Crippen molar-refractivity contribution in [2.45, 2.75) is 71.1 Å². The summed E-state index contributed by atoms with van der Waals surface area (Å²) in [6, 6.07) is 15.6. The number of anilines is 1. The number of hydrogen-bond donors (Lipinski definition) is 5. The summed E-state index contributed by atoms with van der Waals surface area (Å²) in [5.74, 6) is -1.94. The lowest BCUT2D eigenvalue weighted by Gasteiger charge is -2.29. The first-order valence-electron chi connectivity index (χ1n) is 14.7. The van der Waals surface area contributed by atoms with E-state index in [9.17, 15) is 19.2 Å². The number of hydrogen-bond acceptors (Lipinski definition) is 7. The van der Waals surface area contributed by atoms with Crippen LogP contribution in [0.3, 0.4) is 0 Å². The van der Waals surface area contributed by atoms with Crippen LogP contribution in [0.2, 0.25) is 0 Å². The molecule has 0 fully saturated rings. The van der Waals surface area contributed by atoms with Gasteiger partial charge in [-0.15, -0.1) is 0 Å². The van der Waals surface area contributed by atoms with Crippen LogP contribution in [0.15, 0.2) is 67.0 Å². The monoisotopic (exact) mass is 616 g/mol. The predicted molar refractivity (Wildman–Crippen MR) is 170 cm³/mol. The Morgan fingerprint density at radius 1 is 0.956 bits per heavy atom. The van der Waals surface area contributed by atoms with Crippen molar-refractivity contribution in [2.24, 2.45) is 0 Å². The molecule has 0 bridgehead atoms. The van der Waals surface area contributed by atoms with Gasteiger partial charge in [0.25, 0.3) is 0 Å². The molecule has 3 amide bonds. The van der Waals surface area contributed by atoms with Crippen LogP contribution in [0.25, 0.3) is 10.9 Å². The van der Waals surface area contributed by atoms with E-state index in [0.29, 0.717) is 5.56 Å². The van der Waals surface area contributed by atoms with Gasteiger partial charge in [-0.3, -0.25) is 14.4 Å². The van der Waals surface area contributed by atoms with Crippen LogP contribution in [0.1, 0.15) is 64.4 Å². The number of carbonyl (C=O) groups is 4. The fourth-order valence-corrected chi connectivity index (χ4v) is 4.73. The maximum Gasteiger partial charge on any atom is 0.408 e. The lowest BCUT2D eigenvalue weighted by Crippen LogP contribution is -2.59. The Balaban J connectivity index is 1.57. The summed E-state index contributed by atoms with van der Waals surface area (Å²) in [5, 5.41) is 9.06. The zero-order valence-electron chi connectivity index (χ0n) is 26.3. The molecule has 0 saturated carbocycles. The zero-order valence-corrected chi connectivity index (χ0v) is 26.3. The van der Waals surface area contributed by atoms with Gasteiger partial charge < -0.3 is 35.4 Å². The minimum absolute atomic E-state index is 0.139. The standard InChI is InChI=1S/C33H40N6O6/c1-7-44-29(41)26(20-13-9-8-10-14-20)27-35-19-25(37-27)38-28(40)24(17-21-18-34-23-16-12-11-15-22(21)23)36-30(42)33(5,6)39-31(43)45-32(2,3)4/h8-16,18-19,24,26,34H,7,17H2,1-6H3,(H,35,37)(H,36,42)(H,38,40)(H,39,43). The molecule has 2 atom stereocenters. The van der Waals surface area contributed by atoms with Gasteiger partial charge in [-0.2, -0.15) is 0 Å². The van der Waals surface area contributed by atoms with Crippen LogP contribution >= 0.6 is 0 Å². The lowest BCUT2D eigenvalue weighted by molar-refractivity contribution is -0.144. The van der Waals surface area contributed by atoms with E-state index in [0.717, 1.165) is 16.5 Å². The molecule has 0 aliphatic carbocycles. The highest BCUT2D eigenvalue weighted by Crippen LogP contribution is 2.25. The van der Waals surface area contributed by atoms with Gasteiger partial charge in [-0.05, 0) is 58.7 Å². The Kier molecular flexibility index (Phi) is 9.95. The van der Waals surface area contributed by atoms with Crippen LogP contribution in [0.4, 0.5) is 10.6 Å². The molecule has 2 aromatic heterocycles. The number of nitrogens with one attached hydrogen (secondary N) is 5. The molecular weight excluding hydrogens is 576 g/mol. The molecule has 5 N–H and O–H groups in total. The largest absolute Gasteiger partial charge is 0.465 e. The first kappa shape index (κ1) is 32.8. The van der Waals surface area contributed by atoms with Crippen molar-refractivity contribution in [3.8, 4) is 0 Å². The molecule has 45 heavy (non-hydrogen) atoms. The summed E-state index contributed by atoms with van der Waals surface area (Å²) in [6.45, 7) is 10.1. The van der Waals surface area contributed by atoms with Crippen molar-refractivity contribution in [2.75, 3.05) is 11.9 Å². The normalized spacial score (nSPS) is 13.0. The fourth-order valence-electron chi connectivity index (χ4n) is 4.73. The zero-order chi connectivity index (χ0) is 32.8. The van der Waals surface area contributed by atoms with Crippen molar-refractivity contribution in [1.82, 2.24) is 25.6 Å². The Bertz CT molecular complexity index is 1650. The molecule has 238 valence electrons. The maximum absolute atomic E-state index is 13.7. The van der Waals surface area contributed by atoms with E-state index in [4.69, 9.17) is 9.47 Å². The number of nitrogens with zero attached hydrogens (tertiary/aromatic N) is 1. The number of alkyl carbamates (subject to hydrolysis) is 1. The second-order valence-electron chi connectivity index (χ2n) is 12.1. The summed E-state index contributed by atoms with van der Waals surface area (Å²) >= 11 is 0. The topological polar surface area (TPSA) is 167 Å². The Labute approximate surface area is 261 Å². The molecule has 4 rings (SSSR count). The molecule has 4 aromatic rings. The molecule has 0 spiro atoms. The van der Waals surface area contributed by atoms with Crippen molar-refractivity contribution in [1.29, 1.82) is 0 Å². The molecule has 0 radical (unpaired) electrons. The van der Waals surface area contributed by atoms with Gasteiger partial charge in [0.2, 0.25) is 11.8 Å². The number of para-hydroxylation sites is 1. The first-order valence-corrected chi connectivity index (χ1v) is 14.7.